The van der Waals surface area contributed by atoms with Crippen molar-refractivity contribution in [2.24, 2.45) is 0 Å². The molecule has 0 amide bonds. The largest absolute Gasteiger partial charge is 0.464 e. The summed E-state index contributed by atoms with van der Waals surface area (Å²) < 4.78 is 18.1. The highest BCUT2D eigenvalue weighted by Crippen LogP contribution is 2.25. The van der Waals surface area contributed by atoms with Gasteiger partial charge in [-0.3, -0.25) is 0 Å². The van der Waals surface area contributed by atoms with Crippen molar-refractivity contribution in [3.05, 3.63) is 60.6 Å². The van der Waals surface area contributed by atoms with Gasteiger partial charge in [0.1, 0.15) is 11.4 Å². The first-order chi connectivity index (χ1) is 7.83. The van der Waals surface area contributed by atoms with E-state index < -0.39 is 0 Å². The molecule has 0 aliphatic rings. The number of halogens is 1. The Bertz CT molecular complexity index is 623. The molecule has 0 N–H and O–H groups in total. The van der Waals surface area contributed by atoms with E-state index in [1.54, 1.807) is 18.4 Å². The van der Waals surface area contributed by atoms with Gasteiger partial charge in [0.25, 0.3) is 0 Å². The van der Waals surface area contributed by atoms with Crippen LogP contribution >= 0.6 is 0 Å². The third-order valence-corrected chi connectivity index (χ3v) is 2.63. The van der Waals surface area contributed by atoms with E-state index in [0.717, 1.165) is 22.1 Å². The normalized spacial score (nSPS) is 10.8. The molecule has 1 heterocycles. The van der Waals surface area contributed by atoms with E-state index in [2.05, 4.69) is 0 Å². The molecule has 78 valence electrons. The third-order valence-electron chi connectivity index (χ3n) is 2.63. The van der Waals surface area contributed by atoms with E-state index >= 15 is 0 Å². The van der Waals surface area contributed by atoms with Gasteiger partial charge in [-0.25, -0.2) is 4.39 Å². The third kappa shape index (κ3) is 1.48. The zero-order chi connectivity index (χ0) is 11.0. The summed E-state index contributed by atoms with van der Waals surface area (Å²) >= 11 is 0. The second-order valence-electron chi connectivity index (χ2n) is 3.68. The van der Waals surface area contributed by atoms with Gasteiger partial charge in [-0.1, -0.05) is 24.3 Å². The van der Waals surface area contributed by atoms with Crippen molar-refractivity contribution in [2.75, 3.05) is 0 Å². The van der Waals surface area contributed by atoms with Crippen LogP contribution in [0.5, 0.6) is 0 Å². The van der Waals surface area contributed by atoms with Crippen LogP contribution in [0.25, 0.3) is 22.1 Å². The molecule has 3 rings (SSSR count). The molecular formula is C14H9FO. The Labute approximate surface area is 92.1 Å². The van der Waals surface area contributed by atoms with Gasteiger partial charge in [0.15, 0.2) is 0 Å². The van der Waals surface area contributed by atoms with Crippen LogP contribution in [-0.4, -0.2) is 0 Å². The Morgan fingerprint density at radius 2 is 1.56 bits per heavy atom. The monoisotopic (exact) mass is 212 g/mol. The van der Waals surface area contributed by atoms with Gasteiger partial charge in [-0.15, -0.1) is 0 Å². The summed E-state index contributed by atoms with van der Waals surface area (Å²) in [5.41, 5.74) is 2.86. The maximum absolute atomic E-state index is 12.8. The Morgan fingerprint density at radius 1 is 0.812 bits per heavy atom. The van der Waals surface area contributed by atoms with Crippen LogP contribution in [-0.2, 0) is 0 Å². The number of benzene rings is 2. The van der Waals surface area contributed by atoms with Crippen molar-refractivity contribution in [3.8, 4) is 11.1 Å². The molecule has 0 bridgehead atoms. The van der Waals surface area contributed by atoms with Crippen LogP contribution in [0.15, 0.2) is 59.2 Å². The van der Waals surface area contributed by atoms with Crippen molar-refractivity contribution in [2.45, 2.75) is 0 Å². The predicted octanol–water partition coefficient (Wildman–Crippen LogP) is 4.24. The van der Waals surface area contributed by atoms with Gasteiger partial charge in [-0.05, 0) is 35.4 Å². The summed E-state index contributed by atoms with van der Waals surface area (Å²) in [4.78, 5) is 0. The minimum absolute atomic E-state index is 0.220. The molecule has 16 heavy (non-hydrogen) atoms. The molecule has 0 aliphatic carbocycles. The first-order valence-electron chi connectivity index (χ1n) is 5.06. The molecule has 0 aliphatic heterocycles. The van der Waals surface area contributed by atoms with Gasteiger partial charge >= 0.3 is 0 Å². The highest BCUT2D eigenvalue weighted by Gasteiger charge is 2.01. The van der Waals surface area contributed by atoms with E-state index in [-0.39, 0.29) is 5.82 Å². The van der Waals surface area contributed by atoms with Gasteiger partial charge in [0, 0.05) is 5.39 Å². The van der Waals surface area contributed by atoms with Crippen LogP contribution < -0.4 is 0 Å². The van der Waals surface area contributed by atoms with Crippen LogP contribution in [0.3, 0.4) is 0 Å². The second-order valence-corrected chi connectivity index (χ2v) is 3.68. The number of hydrogen-bond acceptors (Lipinski definition) is 1. The summed E-state index contributed by atoms with van der Waals surface area (Å²) in [6.07, 6.45) is 1.67. The molecule has 0 saturated carbocycles. The summed E-state index contributed by atoms with van der Waals surface area (Å²) in [6.45, 7) is 0. The number of hydrogen-bond donors (Lipinski definition) is 0. The fraction of sp³-hybridized carbons (Fsp3) is 0. The smallest absolute Gasteiger partial charge is 0.134 e. The predicted molar refractivity (Wildman–Crippen MR) is 61.6 cm³/mol. The zero-order valence-electron chi connectivity index (χ0n) is 8.48. The van der Waals surface area contributed by atoms with Gasteiger partial charge < -0.3 is 4.42 Å². The van der Waals surface area contributed by atoms with Crippen molar-refractivity contribution in [1.82, 2.24) is 0 Å². The molecule has 2 heteroatoms. The Morgan fingerprint density at radius 3 is 2.38 bits per heavy atom. The van der Waals surface area contributed by atoms with E-state index in [1.807, 2.05) is 24.3 Å². The molecule has 0 spiro atoms. The van der Waals surface area contributed by atoms with E-state index in [4.69, 9.17) is 4.42 Å². The first kappa shape index (κ1) is 9.16. The maximum Gasteiger partial charge on any atom is 0.134 e. The lowest BCUT2D eigenvalue weighted by Gasteiger charge is -2.01. The highest BCUT2D eigenvalue weighted by molar-refractivity contribution is 5.82. The van der Waals surface area contributed by atoms with Gasteiger partial charge in [0.05, 0.1) is 6.26 Å². The average Bonchev–Trinajstić information content (AvgIpc) is 2.77. The molecule has 0 fully saturated rings. The fourth-order valence-corrected chi connectivity index (χ4v) is 1.78. The van der Waals surface area contributed by atoms with Gasteiger partial charge in [0.2, 0.25) is 0 Å². The molecule has 0 radical (unpaired) electrons. The number of fused-ring (bicyclic) bond motifs is 1. The summed E-state index contributed by atoms with van der Waals surface area (Å²) in [7, 11) is 0. The Balaban J connectivity index is 2.14. The fourth-order valence-electron chi connectivity index (χ4n) is 1.78. The van der Waals surface area contributed by atoms with E-state index in [1.165, 1.54) is 12.1 Å². The minimum Gasteiger partial charge on any atom is -0.464 e. The summed E-state index contributed by atoms with van der Waals surface area (Å²) in [6, 6.07) is 14.3. The molecule has 0 saturated heterocycles. The molecule has 0 unspecified atom stereocenters. The van der Waals surface area contributed by atoms with Crippen molar-refractivity contribution >= 4 is 11.0 Å². The molecule has 2 aromatic carbocycles. The topological polar surface area (TPSA) is 13.1 Å². The lowest BCUT2D eigenvalue weighted by molar-refractivity contribution is 0.616. The van der Waals surface area contributed by atoms with Crippen molar-refractivity contribution < 1.29 is 8.81 Å². The lowest BCUT2D eigenvalue weighted by atomic mass is 10.0. The first-order valence-corrected chi connectivity index (χ1v) is 5.06. The van der Waals surface area contributed by atoms with Crippen molar-refractivity contribution in [3.63, 3.8) is 0 Å². The van der Waals surface area contributed by atoms with Crippen LogP contribution in [0, 0.1) is 5.82 Å². The van der Waals surface area contributed by atoms with Crippen LogP contribution in [0.4, 0.5) is 4.39 Å². The summed E-state index contributed by atoms with van der Waals surface area (Å²) in [5, 5.41) is 1.07. The minimum atomic E-state index is -0.220. The molecule has 1 aromatic heterocycles. The molecule has 3 aromatic rings. The SMILES string of the molecule is Fc1ccc(-c2ccc3ccoc3c2)cc1. The average molecular weight is 212 g/mol. The van der Waals surface area contributed by atoms with E-state index in [9.17, 15) is 4.39 Å². The summed E-state index contributed by atoms with van der Waals surface area (Å²) in [5.74, 6) is -0.220. The quantitative estimate of drug-likeness (QED) is 0.588. The Kier molecular flexibility index (Phi) is 2.00. The van der Waals surface area contributed by atoms with Crippen molar-refractivity contribution in [1.29, 1.82) is 0 Å². The highest BCUT2D eigenvalue weighted by atomic mass is 19.1. The lowest BCUT2D eigenvalue weighted by Crippen LogP contribution is -1.78. The van der Waals surface area contributed by atoms with Gasteiger partial charge in [-0.2, -0.15) is 0 Å². The molecule has 0 atom stereocenters. The van der Waals surface area contributed by atoms with E-state index in [0.29, 0.717) is 0 Å². The van der Waals surface area contributed by atoms with Crippen LogP contribution in [0.1, 0.15) is 0 Å². The maximum atomic E-state index is 12.8. The molecular weight excluding hydrogens is 203 g/mol. The zero-order valence-corrected chi connectivity index (χ0v) is 8.48. The second kappa shape index (κ2) is 3.49. The Hall–Kier alpha value is -2.09. The standard InChI is InChI=1S/C14H9FO/c15-13-5-3-10(4-6-13)12-2-1-11-7-8-16-14(11)9-12/h1-9H. The van der Waals surface area contributed by atoms with Crippen LogP contribution in [0.2, 0.25) is 0 Å². The number of furan rings is 1. The molecule has 1 nitrogen and oxygen atoms in total. The number of rotatable bonds is 1.